The van der Waals surface area contributed by atoms with Gasteiger partial charge in [-0.2, -0.15) is 0 Å². The van der Waals surface area contributed by atoms with E-state index in [0.29, 0.717) is 31.2 Å². The summed E-state index contributed by atoms with van der Waals surface area (Å²) < 4.78 is 7.34. The van der Waals surface area contributed by atoms with Crippen molar-refractivity contribution in [2.45, 2.75) is 13.0 Å². The van der Waals surface area contributed by atoms with Gasteiger partial charge in [-0.05, 0) is 6.92 Å². The van der Waals surface area contributed by atoms with Crippen LogP contribution in [-0.2, 0) is 4.74 Å². The summed E-state index contributed by atoms with van der Waals surface area (Å²) in [5, 5.41) is 19.9. The Morgan fingerprint density at radius 1 is 1.55 bits per heavy atom. The lowest BCUT2D eigenvalue weighted by Gasteiger charge is -2.32. The molecule has 9 nitrogen and oxygen atoms in total. The van der Waals surface area contributed by atoms with Crippen molar-refractivity contribution in [3.63, 3.8) is 0 Å². The molecule has 20 heavy (non-hydrogen) atoms. The Kier molecular flexibility index (Phi) is 3.11. The van der Waals surface area contributed by atoms with Crippen LogP contribution < -0.4 is 10.6 Å². The molecule has 0 spiro atoms. The molecule has 0 radical (unpaired) electrons. The second kappa shape index (κ2) is 4.93. The van der Waals surface area contributed by atoms with Gasteiger partial charge in [0.15, 0.2) is 11.7 Å². The maximum absolute atomic E-state index is 8.74. The monoisotopic (exact) mass is 277 g/mol. The van der Waals surface area contributed by atoms with Gasteiger partial charge in [-0.3, -0.25) is 4.40 Å². The molecule has 1 aliphatic heterocycles. The Labute approximate surface area is 114 Å². The standard InChI is InChI=1S/C11H15N7O2/c1-7-14-15-11-10(13-2-3-18(7)11)17-4-5-20-8(6-17)9(12)16-19/h2-3,8,19H,4-6H2,1H3,(H2,12,16). The highest BCUT2D eigenvalue weighted by Crippen LogP contribution is 2.20. The van der Waals surface area contributed by atoms with E-state index in [2.05, 4.69) is 20.3 Å². The van der Waals surface area contributed by atoms with Crippen LogP contribution in [0.1, 0.15) is 5.82 Å². The number of aromatic nitrogens is 4. The molecule has 0 bridgehead atoms. The fourth-order valence-electron chi connectivity index (χ4n) is 2.24. The number of hydrogen-bond donors (Lipinski definition) is 2. The molecule has 3 rings (SSSR count). The van der Waals surface area contributed by atoms with Gasteiger partial charge in [0.25, 0.3) is 0 Å². The highest BCUT2D eigenvalue weighted by atomic mass is 16.5. The number of morpholine rings is 1. The Morgan fingerprint density at radius 3 is 3.20 bits per heavy atom. The summed E-state index contributed by atoms with van der Waals surface area (Å²) in [5.41, 5.74) is 6.28. The Balaban J connectivity index is 1.94. The van der Waals surface area contributed by atoms with Crippen LogP contribution >= 0.6 is 0 Å². The van der Waals surface area contributed by atoms with Crippen LogP contribution in [-0.4, -0.2) is 56.4 Å². The number of rotatable bonds is 2. The van der Waals surface area contributed by atoms with Crippen LogP contribution in [0.2, 0.25) is 0 Å². The van der Waals surface area contributed by atoms with Crippen molar-refractivity contribution in [3.8, 4) is 0 Å². The molecule has 1 saturated heterocycles. The summed E-state index contributed by atoms with van der Waals surface area (Å²) >= 11 is 0. The van der Waals surface area contributed by atoms with Crippen LogP contribution in [0.4, 0.5) is 5.82 Å². The fraction of sp³-hybridized carbons (Fsp3) is 0.455. The first-order valence-electron chi connectivity index (χ1n) is 6.21. The minimum Gasteiger partial charge on any atom is -0.409 e. The Bertz CT molecular complexity index is 653. The van der Waals surface area contributed by atoms with Crippen molar-refractivity contribution in [2.75, 3.05) is 24.6 Å². The van der Waals surface area contributed by atoms with E-state index in [1.807, 2.05) is 22.4 Å². The zero-order valence-electron chi connectivity index (χ0n) is 11.0. The molecule has 2 aromatic rings. The van der Waals surface area contributed by atoms with Crippen LogP contribution in [0.3, 0.4) is 0 Å². The number of ether oxygens (including phenoxy) is 1. The van der Waals surface area contributed by atoms with Crippen molar-refractivity contribution < 1.29 is 9.94 Å². The van der Waals surface area contributed by atoms with E-state index in [-0.39, 0.29) is 5.84 Å². The van der Waals surface area contributed by atoms with E-state index >= 15 is 0 Å². The smallest absolute Gasteiger partial charge is 0.203 e. The summed E-state index contributed by atoms with van der Waals surface area (Å²) in [7, 11) is 0. The van der Waals surface area contributed by atoms with Gasteiger partial charge < -0.3 is 20.6 Å². The molecule has 1 unspecified atom stereocenters. The maximum Gasteiger partial charge on any atom is 0.203 e. The van der Waals surface area contributed by atoms with E-state index in [1.165, 1.54) is 0 Å². The topological polar surface area (TPSA) is 114 Å². The molecule has 3 N–H and O–H groups in total. The second-order valence-corrected chi connectivity index (χ2v) is 4.52. The third kappa shape index (κ3) is 2.01. The molecular weight excluding hydrogens is 262 g/mol. The molecule has 3 heterocycles. The van der Waals surface area contributed by atoms with Crippen molar-refractivity contribution in [3.05, 3.63) is 18.2 Å². The molecule has 106 valence electrons. The first-order valence-corrected chi connectivity index (χ1v) is 6.21. The molecule has 2 aromatic heterocycles. The van der Waals surface area contributed by atoms with Gasteiger partial charge in [0.2, 0.25) is 5.65 Å². The van der Waals surface area contributed by atoms with E-state index in [0.717, 1.165) is 5.82 Å². The normalized spacial score (nSPS) is 20.6. The zero-order valence-corrected chi connectivity index (χ0v) is 11.0. The SMILES string of the molecule is Cc1nnc2c(N3CCOC(C(N)=NO)C3)nccn12. The predicted molar refractivity (Wildman–Crippen MR) is 70.9 cm³/mol. The molecular formula is C11H15N7O2. The van der Waals surface area contributed by atoms with E-state index in [4.69, 9.17) is 15.7 Å². The zero-order chi connectivity index (χ0) is 14.1. The first-order chi connectivity index (χ1) is 9.70. The van der Waals surface area contributed by atoms with E-state index < -0.39 is 6.10 Å². The summed E-state index contributed by atoms with van der Waals surface area (Å²) in [4.78, 5) is 6.36. The average Bonchev–Trinajstić information content (AvgIpc) is 2.88. The summed E-state index contributed by atoms with van der Waals surface area (Å²) in [6.45, 7) is 3.46. The highest BCUT2D eigenvalue weighted by Gasteiger charge is 2.26. The van der Waals surface area contributed by atoms with E-state index in [9.17, 15) is 0 Å². The van der Waals surface area contributed by atoms with Crippen LogP contribution in [0.5, 0.6) is 0 Å². The van der Waals surface area contributed by atoms with Gasteiger partial charge in [0, 0.05) is 18.9 Å². The first kappa shape index (κ1) is 12.6. The number of fused-ring (bicyclic) bond motifs is 1. The number of aryl methyl sites for hydroxylation is 1. The average molecular weight is 277 g/mol. The van der Waals surface area contributed by atoms with Gasteiger partial charge in [0.1, 0.15) is 11.9 Å². The number of hydrogen-bond acceptors (Lipinski definition) is 7. The van der Waals surface area contributed by atoms with Crippen molar-refractivity contribution in [2.24, 2.45) is 10.9 Å². The molecule has 9 heteroatoms. The molecule has 1 fully saturated rings. The van der Waals surface area contributed by atoms with Crippen LogP contribution in [0.25, 0.3) is 5.65 Å². The maximum atomic E-state index is 8.74. The lowest BCUT2D eigenvalue weighted by molar-refractivity contribution is 0.0804. The molecule has 0 amide bonds. The summed E-state index contributed by atoms with van der Waals surface area (Å²) in [6.07, 6.45) is 3.06. The molecule has 0 aromatic carbocycles. The largest absolute Gasteiger partial charge is 0.409 e. The molecule has 1 aliphatic rings. The summed E-state index contributed by atoms with van der Waals surface area (Å²) in [6, 6.07) is 0. The van der Waals surface area contributed by atoms with Crippen molar-refractivity contribution in [1.82, 2.24) is 19.6 Å². The lowest BCUT2D eigenvalue weighted by Crippen LogP contribution is -2.49. The number of nitrogens with zero attached hydrogens (tertiary/aromatic N) is 6. The minimum absolute atomic E-state index is 0.0549. The van der Waals surface area contributed by atoms with Gasteiger partial charge in [0.05, 0.1) is 13.2 Å². The third-order valence-electron chi connectivity index (χ3n) is 3.29. The van der Waals surface area contributed by atoms with Gasteiger partial charge in [-0.15, -0.1) is 10.2 Å². The number of nitrogens with two attached hydrogens (primary N) is 1. The van der Waals surface area contributed by atoms with Gasteiger partial charge in [-0.25, -0.2) is 4.98 Å². The Hall–Kier alpha value is -2.42. The van der Waals surface area contributed by atoms with E-state index in [1.54, 1.807) is 6.20 Å². The van der Waals surface area contributed by atoms with Gasteiger partial charge >= 0.3 is 0 Å². The molecule has 0 saturated carbocycles. The number of anilines is 1. The molecule has 1 atom stereocenters. The second-order valence-electron chi connectivity index (χ2n) is 4.52. The van der Waals surface area contributed by atoms with Crippen molar-refractivity contribution in [1.29, 1.82) is 0 Å². The van der Waals surface area contributed by atoms with Crippen molar-refractivity contribution >= 4 is 17.3 Å². The minimum atomic E-state index is -0.458. The molecule has 0 aliphatic carbocycles. The quantitative estimate of drug-likeness (QED) is 0.325. The van der Waals surface area contributed by atoms with Crippen LogP contribution in [0, 0.1) is 6.92 Å². The van der Waals surface area contributed by atoms with Crippen LogP contribution in [0.15, 0.2) is 17.5 Å². The number of oxime groups is 1. The van der Waals surface area contributed by atoms with Gasteiger partial charge in [-0.1, -0.05) is 5.16 Å². The fourth-order valence-corrected chi connectivity index (χ4v) is 2.24. The third-order valence-corrected chi connectivity index (χ3v) is 3.29. The lowest BCUT2D eigenvalue weighted by atomic mass is 10.2. The highest BCUT2D eigenvalue weighted by molar-refractivity contribution is 5.85. The predicted octanol–water partition coefficient (Wildman–Crippen LogP) is -0.616. The number of amidine groups is 1. The Morgan fingerprint density at radius 2 is 2.40 bits per heavy atom. The summed E-state index contributed by atoms with van der Waals surface area (Å²) in [5.74, 6) is 1.57.